The molecule has 1 saturated heterocycles. The van der Waals surface area contributed by atoms with Crippen molar-refractivity contribution in [3.63, 3.8) is 0 Å². The highest BCUT2D eigenvalue weighted by Crippen LogP contribution is 2.12. The minimum Gasteiger partial charge on any atom is -0.379 e. The maximum absolute atomic E-state index is 5.44. The zero-order valence-electron chi connectivity index (χ0n) is 13.3. The highest BCUT2D eigenvalue weighted by atomic mass is 127. The highest BCUT2D eigenvalue weighted by Gasteiger charge is 2.21. The molecule has 1 aliphatic heterocycles. The molecule has 0 spiro atoms. The summed E-state index contributed by atoms with van der Waals surface area (Å²) >= 11 is 0. The molecule has 0 aromatic carbocycles. The Bertz CT molecular complexity index is 268. The molecular formula is C14H31IN4O. The van der Waals surface area contributed by atoms with Gasteiger partial charge in [0.25, 0.3) is 0 Å². The zero-order valence-corrected chi connectivity index (χ0v) is 15.6. The first-order chi connectivity index (χ1) is 9.17. The van der Waals surface area contributed by atoms with Crippen molar-refractivity contribution in [2.75, 3.05) is 46.4 Å². The third kappa shape index (κ3) is 7.64. The number of nitrogens with one attached hydrogen (secondary N) is 2. The van der Waals surface area contributed by atoms with Crippen molar-refractivity contribution in [2.24, 2.45) is 10.9 Å². The molecule has 2 N–H and O–H groups in total. The first kappa shape index (κ1) is 19.9. The molecule has 0 aliphatic carbocycles. The molecule has 1 atom stereocenters. The van der Waals surface area contributed by atoms with E-state index in [1.165, 1.54) is 6.42 Å². The van der Waals surface area contributed by atoms with E-state index in [-0.39, 0.29) is 24.0 Å². The molecule has 0 saturated carbocycles. The maximum Gasteiger partial charge on any atom is 0.191 e. The first-order valence-electron chi connectivity index (χ1n) is 7.43. The number of hydrogen-bond donors (Lipinski definition) is 2. The normalized spacial score (nSPS) is 18.6. The molecule has 1 fully saturated rings. The van der Waals surface area contributed by atoms with Gasteiger partial charge in [-0.2, -0.15) is 0 Å². The van der Waals surface area contributed by atoms with E-state index in [1.807, 2.05) is 7.05 Å². The van der Waals surface area contributed by atoms with Crippen LogP contribution in [-0.2, 0) is 4.74 Å². The van der Waals surface area contributed by atoms with E-state index in [1.54, 1.807) is 0 Å². The van der Waals surface area contributed by atoms with Gasteiger partial charge < -0.3 is 15.4 Å². The van der Waals surface area contributed by atoms with Gasteiger partial charge in [0.1, 0.15) is 0 Å². The van der Waals surface area contributed by atoms with Gasteiger partial charge in [0.15, 0.2) is 5.96 Å². The lowest BCUT2D eigenvalue weighted by Gasteiger charge is -2.35. The van der Waals surface area contributed by atoms with Gasteiger partial charge in [-0.1, -0.05) is 13.8 Å². The smallest absolute Gasteiger partial charge is 0.191 e. The van der Waals surface area contributed by atoms with Crippen molar-refractivity contribution in [1.29, 1.82) is 0 Å². The van der Waals surface area contributed by atoms with E-state index in [0.29, 0.717) is 12.0 Å². The average molecular weight is 398 g/mol. The number of aliphatic imine (C=N–C) groups is 1. The van der Waals surface area contributed by atoms with Crippen molar-refractivity contribution >= 4 is 29.9 Å². The Hall–Kier alpha value is -0.0800. The Morgan fingerprint density at radius 3 is 2.40 bits per heavy atom. The molecule has 6 heteroatoms. The van der Waals surface area contributed by atoms with Crippen molar-refractivity contribution in [1.82, 2.24) is 15.5 Å². The van der Waals surface area contributed by atoms with Gasteiger partial charge in [0.2, 0.25) is 0 Å². The minimum absolute atomic E-state index is 0. The lowest BCUT2D eigenvalue weighted by Crippen LogP contribution is -2.51. The monoisotopic (exact) mass is 398 g/mol. The Kier molecular flexibility index (Phi) is 11.5. The number of hydrogen-bond acceptors (Lipinski definition) is 3. The van der Waals surface area contributed by atoms with Gasteiger partial charge in [-0.25, -0.2) is 0 Å². The first-order valence-corrected chi connectivity index (χ1v) is 7.43. The van der Waals surface area contributed by atoms with Crippen LogP contribution in [0, 0.1) is 5.92 Å². The molecule has 1 aliphatic rings. The van der Waals surface area contributed by atoms with Crippen LogP contribution in [-0.4, -0.2) is 63.3 Å². The van der Waals surface area contributed by atoms with E-state index >= 15 is 0 Å². The number of ether oxygens (including phenoxy) is 1. The van der Waals surface area contributed by atoms with Crippen LogP contribution in [0.25, 0.3) is 0 Å². The third-order valence-corrected chi connectivity index (χ3v) is 3.38. The molecule has 20 heavy (non-hydrogen) atoms. The number of halogens is 1. The largest absolute Gasteiger partial charge is 0.379 e. The standard InChI is InChI=1S/C14H30N4O.HI/c1-5-16-14(15-4)17-11-13(10-12(2)3)18-6-8-19-9-7-18;/h12-13H,5-11H2,1-4H3,(H2,15,16,17);1H. The molecule has 0 radical (unpaired) electrons. The predicted octanol–water partition coefficient (Wildman–Crippen LogP) is 1.54. The van der Waals surface area contributed by atoms with Gasteiger partial charge in [-0.15, -0.1) is 24.0 Å². The lowest BCUT2D eigenvalue weighted by atomic mass is 10.0. The van der Waals surface area contributed by atoms with Crippen LogP contribution in [0.2, 0.25) is 0 Å². The Labute approximate surface area is 140 Å². The van der Waals surface area contributed by atoms with Crippen molar-refractivity contribution in [2.45, 2.75) is 33.2 Å². The van der Waals surface area contributed by atoms with Gasteiger partial charge in [-0.05, 0) is 19.3 Å². The summed E-state index contributed by atoms with van der Waals surface area (Å²) in [5.74, 6) is 1.60. The molecule has 0 bridgehead atoms. The van der Waals surface area contributed by atoms with Crippen LogP contribution in [0.5, 0.6) is 0 Å². The number of nitrogens with zero attached hydrogens (tertiary/aromatic N) is 2. The van der Waals surface area contributed by atoms with E-state index < -0.39 is 0 Å². The summed E-state index contributed by atoms with van der Waals surface area (Å²) in [5, 5.41) is 6.67. The van der Waals surface area contributed by atoms with Crippen molar-refractivity contribution < 1.29 is 4.74 Å². The molecule has 0 amide bonds. The van der Waals surface area contributed by atoms with E-state index in [9.17, 15) is 0 Å². The van der Waals surface area contributed by atoms with Crippen molar-refractivity contribution in [3.05, 3.63) is 0 Å². The fourth-order valence-electron chi connectivity index (χ4n) is 2.45. The minimum atomic E-state index is 0. The van der Waals surface area contributed by atoms with Gasteiger partial charge in [0, 0.05) is 39.3 Å². The molecule has 5 nitrogen and oxygen atoms in total. The van der Waals surface area contributed by atoms with Crippen LogP contribution in [0.15, 0.2) is 4.99 Å². The molecule has 120 valence electrons. The Morgan fingerprint density at radius 2 is 1.90 bits per heavy atom. The summed E-state index contributed by atoms with van der Waals surface area (Å²) in [6.07, 6.45) is 1.20. The summed E-state index contributed by atoms with van der Waals surface area (Å²) in [6, 6.07) is 0.555. The molecule has 0 aromatic heterocycles. The van der Waals surface area contributed by atoms with Gasteiger partial charge in [-0.3, -0.25) is 9.89 Å². The second-order valence-corrected chi connectivity index (χ2v) is 5.42. The van der Waals surface area contributed by atoms with Crippen LogP contribution >= 0.6 is 24.0 Å². The average Bonchev–Trinajstić information content (AvgIpc) is 2.42. The van der Waals surface area contributed by atoms with Gasteiger partial charge >= 0.3 is 0 Å². The SMILES string of the molecule is CCNC(=NC)NCC(CC(C)C)N1CCOCC1.I. The third-order valence-electron chi connectivity index (χ3n) is 3.38. The molecular weight excluding hydrogens is 367 g/mol. The fourth-order valence-corrected chi connectivity index (χ4v) is 2.45. The summed E-state index contributed by atoms with van der Waals surface area (Å²) in [7, 11) is 1.82. The molecule has 0 aromatic rings. The second-order valence-electron chi connectivity index (χ2n) is 5.42. The van der Waals surface area contributed by atoms with E-state index in [0.717, 1.165) is 45.4 Å². The highest BCUT2D eigenvalue weighted by molar-refractivity contribution is 14.0. The quantitative estimate of drug-likeness (QED) is 0.405. The van der Waals surface area contributed by atoms with Crippen LogP contribution in [0.4, 0.5) is 0 Å². The molecule has 1 heterocycles. The molecule has 1 rings (SSSR count). The lowest BCUT2D eigenvalue weighted by molar-refractivity contribution is 0.0132. The maximum atomic E-state index is 5.44. The Morgan fingerprint density at radius 1 is 1.25 bits per heavy atom. The molecule has 1 unspecified atom stereocenters. The number of morpholine rings is 1. The topological polar surface area (TPSA) is 48.9 Å². The van der Waals surface area contributed by atoms with Crippen LogP contribution in [0.3, 0.4) is 0 Å². The van der Waals surface area contributed by atoms with E-state index in [2.05, 4.69) is 41.3 Å². The summed E-state index contributed by atoms with van der Waals surface area (Å²) in [5.41, 5.74) is 0. The number of rotatable bonds is 6. The van der Waals surface area contributed by atoms with Crippen LogP contribution < -0.4 is 10.6 Å². The van der Waals surface area contributed by atoms with Gasteiger partial charge in [0.05, 0.1) is 13.2 Å². The number of guanidine groups is 1. The summed E-state index contributed by atoms with van der Waals surface area (Å²) in [6.45, 7) is 12.3. The van der Waals surface area contributed by atoms with Crippen molar-refractivity contribution in [3.8, 4) is 0 Å². The van der Waals surface area contributed by atoms with Crippen LogP contribution in [0.1, 0.15) is 27.2 Å². The van der Waals surface area contributed by atoms with E-state index in [4.69, 9.17) is 4.74 Å². The summed E-state index contributed by atoms with van der Waals surface area (Å²) in [4.78, 5) is 6.76. The fraction of sp³-hybridized carbons (Fsp3) is 0.929. The second kappa shape index (κ2) is 11.6. The summed E-state index contributed by atoms with van der Waals surface area (Å²) < 4.78 is 5.44. The predicted molar refractivity (Wildman–Crippen MR) is 96.1 cm³/mol. The zero-order chi connectivity index (χ0) is 14.1. The Balaban J connectivity index is 0.00000361.